The van der Waals surface area contributed by atoms with Gasteiger partial charge >= 0.3 is 6.09 Å². The van der Waals surface area contributed by atoms with Crippen LogP contribution in [0.3, 0.4) is 0 Å². The first-order valence-electron chi connectivity index (χ1n) is 11.3. The van der Waals surface area contributed by atoms with Gasteiger partial charge in [-0.1, -0.05) is 80.5 Å². The average molecular weight is 512 g/mol. The van der Waals surface area contributed by atoms with E-state index in [0.29, 0.717) is 22.6 Å². The molecule has 3 aromatic carbocycles. The summed E-state index contributed by atoms with van der Waals surface area (Å²) in [7, 11) is 0. The standard InChI is InChI=1S/C28H30ClNO4S/c1-28(2,3)26(25(32)21-5-4-6-22(29)17-21)30-27(33)34-16-15-19-7-11-23(12-8-19)35-24-13-9-20(18-31)10-14-24/h4-14,17-18,25-26,32H,15-16H2,1-3H3,(H,30,33)/t25-,26?/m1/s1. The molecule has 1 unspecified atom stereocenters. The number of hydrogen-bond donors (Lipinski definition) is 2. The van der Waals surface area contributed by atoms with E-state index in [-0.39, 0.29) is 6.61 Å². The summed E-state index contributed by atoms with van der Waals surface area (Å²) < 4.78 is 5.41. The Labute approximate surface area is 215 Å². The minimum Gasteiger partial charge on any atom is -0.449 e. The monoisotopic (exact) mass is 511 g/mol. The molecule has 0 fully saturated rings. The lowest BCUT2D eigenvalue weighted by Gasteiger charge is -2.35. The lowest BCUT2D eigenvalue weighted by atomic mass is 9.81. The number of rotatable bonds is 9. The molecule has 0 bridgehead atoms. The first-order valence-corrected chi connectivity index (χ1v) is 12.5. The van der Waals surface area contributed by atoms with E-state index in [1.165, 1.54) is 0 Å². The Morgan fingerprint density at radius 2 is 1.69 bits per heavy atom. The second-order valence-corrected chi connectivity index (χ2v) is 10.9. The van der Waals surface area contributed by atoms with Crippen molar-refractivity contribution in [2.75, 3.05) is 6.61 Å². The molecule has 0 radical (unpaired) electrons. The van der Waals surface area contributed by atoms with Crippen LogP contribution in [0.5, 0.6) is 0 Å². The number of aliphatic hydroxyl groups excluding tert-OH is 1. The van der Waals surface area contributed by atoms with Crippen molar-refractivity contribution in [2.24, 2.45) is 5.41 Å². The van der Waals surface area contributed by atoms with E-state index < -0.39 is 23.7 Å². The van der Waals surface area contributed by atoms with Gasteiger partial charge in [-0.25, -0.2) is 4.79 Å². The van der Waals surface area contributed by atoms with Gasteiger partial charge in [0.2, 0.25) is 0 Å². The number of halogens is 1. The van der Waals surface area contributed by atoms with E-state index in [1.54, 1.807) is 48.2 Å². The van der Waals surface area contributed by atoms with E-state index in [2.05, 4.69) is 5.32 Å². The Kier molecular flexibility index (Phi) is 9.38. The van der Waals surface area contributed by atoms with Gasteiger partial charge in [-0.05, 0) is 52.9 Å². The molecule has 3 aromatic rings. The van der Waals surface area contributed by atoms with Gasteiger partial charge in [0.05, 0.1) is 18.8 Å². The molecular weight excluding hydrogens is 482 g/mol. The third-order valence-corrected chi connectivity index (χ3v) is 6.76. The summed E-state index contributed by atoms with van der Waals surface area (Å²) in [4.78, 5) is 25.4. The maximum atomic E-state index is 12.5. The second-order valence-electron chi connectivity index (χ2n) is 9.31. The van der Waals surface area contributed by atoms with Crippen LogP contribution in [0.25, 0.3) is 0 Å². The summed E-state index contributed by atoms with van der Waals surface area (Å²) in [5.41, 5.74) is 1.92. The van der Waals surface area contributed by atoms with Gasteiger partial charge in [0.15, 0.2) is 0 Å². The summed E-state index contributed by atoms with van der Waals surface area (Å²) >= 11 is 7.68. The smallest absolute Gasteiger partial charge is 0.407 e. The zero-order valence-corrected chi connectivity index (χ0v) is 21.6. The van der Waals surface area contributed by atoms with Gasteiger partial charge < -0.3 is 15.2 Å². The molecule has 35 heavy (non-hydrogen) atoms. The third-order valence-electron chi connectivity index (χ3n) is 5.51. The fourth-order valence-electron chi connectivity index (χ4n) is 3.56. The van der Waals surface area contributed by atoms with Crippen molar-refractivity contribution in [3.05, 3.63) is 94.5 Å². The molecule has 0 aliphatic heterocycles. The van der Waals surface area contributed by atoms with Crippen molar-refractivity contribution in [3.8, 4) is 0 Å². The van der Waals surface area contributed by atoms with Crippen LogP contribution in [0.2, 0.25) is 5.02 Å². The molecule has 3 rings (SSSR count). The summed E-state index contributed by atoms with van der Waals surface area (Å²) in [5, 5.41) is 14.3. The molecule has 2 atom stereocenters. The van der Waals surface area contributed by atoms with Crippen LogP contribution in [0.1, 0.15) is 48.4 Å². The van der Waals surface area contributed by atoms with E-state index >= 15 is 0 Å². The van der Waals surface area contributed by atoms with Crippen molar-refractivity contribution in [3.63, 3.8) is 0 Å². The fraction of sp³-hybridized carbons (Fsp3) is 0.286. The maximum absolute atomic E-state index is 12.5. The van der Waals surface area contributed by atoms with Gasteiger partial charge in [0.25, 0.3) is 0 Å². The number of ether oxygens (including phenoxy) is 1. The Balaban J connectivity index is 1.51. The van der Waals surface area contributed by atoms with Crippen LogP contribution >= 0.6 is 23.4 Å². The molecule has 5 nitrogen and oxygen atoms in total. The van der Waals surface area contributed by atoms with E-state index in [0.717, 1.165) is 21.6 Å². The van der Waals surface area contributed by atoms with Crippen molar-refractivity contribution in [1.29, 1.82) is 0 Å². The Hall–Kier alpha value is -2.80. The molecule has 0 aromatic heterocycles. The molecule has 1 amide bonds. The molecule has 0 saturated carbocycles. The number of carbonyl (C=O) groups is 2. The van der Waals surface area contributed by atoms with Gasteiger partial charge in [-0.15, -0.1) is 0 Å². The number of benzene rings is 3. The van der Waals surface area contributed by atoms with E-state index in [9.17, 15) is 14.7 Å². The lowest BCUT2D eigenvalue weighted by Crippen LogP contribution is -2.48. The summed E-state index contributed by atoms with van der Waals surface area (Å²) in [5.74, 6) is 0. The second kappa shape index (κ2) is 12.2. The van der Waals surface area contributed by atoms with Crippen LogP contribution in [-0.2, 0) is 11.2 Å². The van der Waals surface area contributed by atoms with E-state index in [1.807, 2.05) is 57.2 Å². The topological polar surface area (TPSA) is 75.6 Å². The number of aldehydes is 1. The minimum atomic E-state index is -0.930. The van der Waals surface area contributed by atoms with Crippen molar-refractivity contribution in [1.82, 2.24) is 5.32 Å². The summed E-state index contributed by atoms with van der Waals surface area (Å²) in [6.45, 7) is 6.06. The molecule has 184 valence electrons. The van der Waals surface area contributed by atoms with Crippen LogP contribution in [0, 0.1) is 5.41 Å². The zero-order chi connectivity index (χ0) is 25.4. The highest BCUT2D eigenvalue weighted by Crippen LogP contribution is 2.31. The van der Waals surface area contributed by atoms with Gasteiger partial charge in [-0.3, -0.25) is 4.79 Å². The summed E-state index contributed by atoms with van der Waals surface area (Å²) in [6.07, 6.45) is -0.0995. The first kappa shape index (κ1) is 26.8. The number of alkyl carbamates (subject to hydrolysis) is 1. The Bertz CT molecular complexity index is 1130. The predicted octanol–water partition coefficient (Wildman–Crippen LogP) is 6.72. The van der Waals surface area contributed by atoms with Gasteiger partial charge in [0, 0.05) is 26.8 Å². The molecule has 2 N–H and O–H groups in total. The van der Waals surface area contributed by atoms with Gasteiger partial charge in [0.1, 0.15) is 6.29 Å². The molecule has 7 heteroatoms. The predicted molar refractivity (Wildman–Crippen MR) is 140 cm³/mol. The van der Waals surface area contributed by atoms with Crippen LogP contribution in [0.4, 0.5) is 4.79 Å². The molecular formula is C28H30ClNO4S. The number of nitrogens with one attached hydrogen (secondary N) is 1. The number of hydrogen-bond acceptors (Lipinski definition) is 5. The Morgan fingerprint density at radius 1 is 1.06 bits per heavy atom. The highest BCUT2D eigenvalue weighted by molar-refractivity contribution is 7.99. The molecule has 0 saturated heterocycles. The highest BCUT2D eigenvalue weighted by Gasteiger charge is 2.34. The van der Waals surface area contributed by atoms with Crippen molar-refractivity contribution in [2.45, 2.75) is 49.1 Å². The maximum Gasteiger partial charge on any atom is 0.407 e. The SMILES string of the molecule is CC(C)(C)C(NC(=O)OCCc1ccc(Sc2ccc(C=O)cc2)cc1)[C@H](O)c1cccc(Cl)c1. The minimum absolute atomic E-state index is 0.218. The van der Waals surface area contributed by atoms with Crippen LogP contribution < -0.4 is 5.32 Å². The fourth-order valence-corrected chi connectivity index (χ4v) is 4.57. The first-order chi connectivity index (χ1) is 16.7. The zero-order valence-electron chi connectivity index (χ0n) is 20.0. The van der Waals surface area contributed by atoms with Crippen molar-refractivity contribution >= 4 is 35.7 Å². The molecule has 0 aliphatic rings. The molecule has 0 aliphatic carbocycles. The average Bonchev–Trinajstić information content (AvgIpc) is 2.83. The van der Waals surface area contributed by atoms with Crippen LogP contribution in [0.15, 0.2) is 82.6 Å². The molecule has 0 spiro atoms. The quantitative estimate of drug-likeness (QED) is 0.312. The number of aliphatic hydroxyl groups is 1. The highest BCUT2D eigenvalue weighted by atomic mass is 35.5. The van der Waals surface area contributed by atoms with E-state index in [4.69, 9.17) is 16.3 Å². The summed E-state index contributed by atoms with van der Waals surface area (Å²) in [6, 6.07) is 21.9. The van der Waals surface area contributed by atoms with Crippen LogP contribution in [-0.4, -0.2) is 30.1 Å². The third kappa shape index (κ3) is 8.13. The molecule has 0 heterocycles. The number of carbonyl (C=O) groups excluding carboxylic acids is 2. The Morgan fingerprint density at radius 3 is 2.26 bits per heavy atom. The normalized spacial score (nSPS) is 13.1. The van der Waals surface area contributed by atoms with Gasteiger partial charge in [-0.2, -0.15) is 0 Å². The van der Waals surface area contributed by atoms with Crippen molar-refractivity contribution < 1.29 is 19.4 Å². The number of amides is 1. The lowest BCUT2D eigenvalue weighted by molar-refractivity contribution is 0.0613. The largest absolute Gasteiger partial charge is 0.449 e.